The van der Waals surface area contributed by atoms with Gasteiger partial charge in [-0.15, -0.1) is 0 Å². The fourth-order valence-corrected chi connectivity index (χ4v) is 3.94. The van der Waals surface area contributed by atoms with Crippen molar-refractivity contribution in [3.8, 4) is 0 Å². The summed E-state index contributed by atoms with van der Waals surface area (Å²) < 4.78 is 0. The van der Waals surface area contributed by atoms with E-state index in [0.29, 0.717) is 64.7 Å². The Bertz CT molecular complexity index is 669. The van der Waals surface area contributed by atoms with Gasteiger partial charge in [-0.05, 0) is 51.4 Å². The van der Waals surface area contributed by atoms with Gasteiger partial charge < -0.3 is 31.9 Å². The van der Waals surface area contributed by atoms with Crippen LogP contribution in [0, 0.1) is 0 Å². The minimum absolute atomic E-state index is 0.0687. The summed E-state index contributed by atoms with van der Waals surface area (Å²) in [6.45, 7) is 6.41. The third kappa shape index (κ3) is 33.3. The van der Waals surface area contributed by atoms with Crippen LogP contribution < -0.4 is 31.9 Å². The number of unbranched alkanes of at least 4 members (excludes halogenated alkanes) is 8. The average Bonchev–Trinajstić information content (AvgIpc) is 3.03. The Kier molecular flexibility index (Phi) is 31.9. The van der Waals surface area contributed by atoms with Gasteiger partial charge in [-0.2, -0.15) is 0 Å². The molecule has 6 N–H and O–H groups in total. The van der Waals surface area contributed by atoms with Crippen molar-refractivity contribution in [2.24, 2.45) is 0 Å². The van der Waals surface area contributed by atoms with Gasteiger partial charge in [-0.3, -0.25) is 28.8 Å². The van der Waals surface area contributed by atoms with Crippen LogP contribution in [-0.4, -0.2) is 75.7 Å². The van der Waals surface area contributed by atoms with Crippen LogP contribution in [0.1, 0.15) is 129 Å². The lowest BCUT2D eigenvalue weighted by Gasteiger charge is -2.06. The minimum atomic E-state index is 0.0687. The van der Waals surface area contributed by atoms with E-state index in [1.54, 1.807) is 14.1 Å². The maximum absolute atomic E-state index is 11.6. The average molecular weight is 627 g/mol. The number of carbonyl (C=O) groups excluding carboxylic acids is 6. The molecular formula is C32H62N6O6. The van der Waals surface area contributed by atoms with Crippen LogP contribution in [0.15, 0.2) is 0 Å². The van der Waals surface area contributed by atoms with Crippen LogP contribution in [0.25, 0.3) is 0 Å². The topological polar surface area (TPSA) is 175 Å². The molecule has 0 atom stereocenters. The summed E-state index contributed by atoms with van der Waals surface area (Å²) >= 11 is 0. The maximum Gasteiger partial charge on any atom is 0.219 e. The second-order valence-electron chi connectivity index (χ2n) is 10.7. The van der Waals surface area contributed by atoms with Gasteiger partial charge in [0.15, 0.2) is 0 Å². The molecule has 0 saturated carbocycles. The van der Waals surface area contributed by atoms with E-state index in [4.69, 9.17) is 0 Å². The Labute approximate surface area is 265 Å². The van der Waals surface area contributed by atoms with Gasteiger partial charge in [0, 0.05) is 78.8 Å². The van der Waals surface area contributed by atoms with Crippen molar-refractivity contribution < 1.29 is 28.8 Å². The highest BCUT2D eigenvalue weighted by atomic mass is 16.2. The molecule has 0 unspecified atom stereocenters. The molecule has 0 aliphatic rings. The fourth-order valence-electron chi connectivity index (χ4n) is 3.94. The van der Waals surface area contributed by atoms with Crippen molar-refractivity contribution in [2.45, 2.75) is 129 Å². The second kappa shape index (κ2) is 32.7. The highest BCUT2D eigenvalue weighted by molar-refractivity contribution is 5.77. The number of hydrogen-bond acceptors (Lipinski definition) is 6. The van der Waals surface area contributed by atoms with Crippen LogP contribution in [0.5, 0.6) is 0 Å². The summed E-state index contributed by atoms with van der Waals surface area (Å²) in [7, 11) is 3.28. The zero-order valence-electron chi connectivity index (χ0n) is 28.0. The van der Waals surface area contributed by atoms with Gasteiger partial charge in [-0.1, -0.05) is 39.5 Å². The standard InChI is InChI=1S/2C16H31N3O3/c2*1-3-14(20)18-12-8-5-7-11-16(22)19-13-9-4-6-10-15(21)17-2/h2*3-13H2,1-2H3,(H,17,21)(H,18,20)(H,19,22). The summed E-state index contributed by atoms with van der Waals surface area (Å²) in [5.74, 6) is 0.467. The van der Waals surface area contributed by atoms with E-state index in [1.165, 1.54) is 0 Å². The molecule has 12 heteroatoms. The predicted molar refractivity (Wildman–Crippen MR) is 175 cm³/mol. The number of nitrogens with one attached hydrogen (secondary N) is 6. The first kappa shape index (κ1) is 43.0. The van der Waals surface area contributed by atoms with E-state index < -0.39 is 0 Å². The molecule has 0 spiro atoms. The van der Waals surface area contributed by atoms with Gasteiger partial charge in [0.2, 0.25) is 35.4 Å². The SMILES string of the molecule is CCC(=O)NCCCCCC(=O)NCCCCCC(=O)NC.CCC(=O)NCCCCCC(=O)NCCCCCC(=O)NC. The lowest BCUT2D eigenvalue weighted by Crippen LogP contribution is -2.24. The van der Waals surface area contributed by atoms with Crippen molar-refractivity contribution >= 4 is 35.4 Å². The Morgan fingerprint density at radius 2 is 0.591 bits per heavy atom. The van der Waals surface area contributed by atoms with Crippen molar-refractivity contribution in [2.75, 3.05) is 40.3 Å². The first-order chi connectivity index (χ1) is 21.2. The smallest absolute Gasteiger partial charge is 0.219 e. The molecule has 0 aliphatic heterocycles. The molecule has 256 valence electrons. The quantitative estimate of drug-likeness (QED) is 0.0805. The molecule has 0 heterocycles. The monoisotopic (exact) mass is 626 g/mol. The Hall–Kier alpha value is -3.18. The van der Waals surface area contributed by atoms with E-state index in [0.717, 1.165) is 77.0 Å². The first-order valence-corrected chi connectivity index (χ1v) is 16.7. The van der Waals surface area contributed by atoms with Crippen molar-refractivity contribution in [3.63, 3.8) is 0 Å². The molecule has 0 fully saturated rings. The molecule has 44 heavy (non-hydrogen) atoms. The van der Waals surface area contributed by atoms with Crippen LogP contribution in [0.2, 0.25) is 0 Å². The van der Waals surface area contributed by atoms with E-state index in [-0.39, 0.29) is 35.4 Å². The normalized spacial score (nSPS) is 10.1. The molecule has 0 aromatic rings. The molecule has 6 amide bonds. The van der Waals surface area contributed by atoms with E-state index in [1.807, 2.05) is 13.8 Å². The minimum Gasteiger partial charge on any atom is -0.359 e. The Balaban J connectivity index is 0. The molecule has 0 aromatic carbocycles. The highest BCUT2D eigenvalue weighted by Crippen LogP contribution is 2.02. The van der Waals surface area contributed by atoms with Crippen LogP contribution in [0.3, 0.4) is 0 Å². The van der Waals surface area contributed by atoms with E-state index >= 15 is 0 Å². The fraction of sp³-hybridized carbons (Fsp3) is 0.812. The maximum atomic E-state index is 11.6. The zero-order chi connectivity index (χ0) is 33.3. The van der Waals surface area contributed by atoms with Crippen LogP contribution in [0.4, 0.5) is 0 Å². The Morgan fingerprint density at radius 1 is 0.341 bits per heavy atom. The molecule has 12 nitrogen and oxygen atoms in total. The first-order valence-electron chi connectivity index (χ1n) is 16.7. The van der Waals surface area contributed by atoms with Crippen molar-refractivity contribution in [1.29, 1.82) is 0 Å². The van der Waals surface area contributed by atoms with Gasteiger partial charge in [0.05, 0.1) is 0 Å². The molecule has 0 aliphatic carbocycles. The number of hydrogen-bond donors (Lipinski definition) is 6. The molecule has 0 bridgehead atoms. The molecular weight excluding hydrogens is 564 g/mol. The largest absolute Gasteiger partial charge is 0.359 e. The highest BCUT2D eigenvalue weighted by Gasteiger charge is 2.03. The molecule has 0 rings (SSSR count). The lowest BCUT2D eigenvalue weighted by atomic mass is 10.1. The summed E-state index contributed by atoms with van der Waals surface area (Å²) in [6, 6.07) is 0. The zero-order valence-corrected chi connectivity index (χ0v) is 28.0. The van der Waals surface area contributed by atoms with Gasteiger partial charge >= 0.3 is 0 Å². The second-order valence-corrected chi connectivity index (χ2v) is 10.7. The molecule has 0 aromatic heterocycles. The van der Waals surface area contributed by atoms with Crippen LogP contribution in [-0.2, 0) is 28.8 Å². The lowest BCUT2D eigenvalue weighted by molar-refractivity contribution is -0.122. The summed E-state index contributed by atoms with van der Waals surface area (Å²) in [4.78, 5) is 67.1. The third-order valence-electron chi connectivity index (χ3n) is 6.81. The summed E-state index contributed by atoms with van der Waals surface area (Å²) in [6.07, 6.45) is 14.1. The van der Waals surface area contributed by atoms with E-state index in [2.05, 4.69) is 31.9 Å². The van der Waals surface area contributed by atoms with Gasteiger partial charge in [-0.25, -0.2) is 0 Å². The predicted octanol–water partition coefficient (Wildman–Crippen LogP) is 2.99. The third-order valence-corrected chi connectivity index (χ3v) is 6.81. The van der Waals surface area contributed by atoms with Gasteiger partial charge in [0.1, 0.15) is 0 Å². The van der Waals surface area contributed by atoms with Crippen molar-refractivity contribution in [3.05, 3.63) is 0 Å². The molecule has 0 radical (unpaired) electrons. The van der Waals surface area contributed by atoms with Gasteiger partial charge in [0.25, 0.3) is 0 Å². The Morgan fingerprint density at radius 3 is 0.841 bits per heavy atom. The van der Waals surface area contributed by atoms with E-state index in [9.17, 15) is 28.8 Å². The number of amides is 6. The summed E-state index contributed by atoms with van der Waals surface area (Å²) in [5, 5.41) is 16.6. The summed E-state index contributed by atoms with van der Waals surface area (Å²) in [5.41, 5.74) is 0. The number of carbonyl (C=O) groups is 6. The number of rotatable bonds is 26. The molecule has 0 saturated heterocycles. The van der Waals surface area contributed by atoms with Crippen molar-refractivity contribution in [1.82, 2.24) is 31.9 Å². The van der Waals surface area contributed by atoms with Crippen LogP contribution >= 0.6 is 0 Å².